The topological polar surface area (TPSA) is 93.9 Å². The Morgan fingerprint density at radius 2 is 1.76 bits per heavy atom. The van der Waals surface area contributed by atoms with Crippen LogP contribution in [0.5, 0.6) is 5.75 Å². The summed E-state index contributed by atoms with van der Waals surface area (Å²) in [5, 5.41) is 14.0. The van der Waals surface area contributed by atoms with Gasteiger partial charge in [0.1, 0.15) is 11.4 Å². The van der Waals surface area contributed by atoms with E-state index >= 15 is 0 Å². The molecule has 0 saturated heterocycles. The van der Waals surface area contributed by atoms with E-state index in [9.17, 15) is 14.7 Å². The minimum Gasteiger partial charge on any atom is -0.497 e. The quantitative estimate of drug-likeness (QED) is 0.427. The number of ether oxygens (including phenoxy) is 1. The van der Waals surface area contributed by atoms with Gasteiger partial charge in [-0.2, -0.15) is 5.10 Å². The molecule has 4 rings (SSSR count). The zero-order valence-electron chi connectivity index (χ0n) is 18.6. The first kappa shape index (κ1) is 22.9. The van der Waals surface area contributed by atoms with Gasteiger partial charge in [0, 0.05) is 36.1 Å². The van der Waals surface area contributed by atoms with E-state index in [4.69, 9.17) is 4.74 Å². The molecule has 0 fully saturated rings. The number of aliphatic hydroxyl groups excluding tert-OH is 1. The summed E-state index contributed by atoms with van der Waals surface area (Å²) < 4.78 is 11.3. The van der Waals surface area contributed by atoms with Gasteiger partial charge in [-0.05, 0) is 48.4 Å². The van der Waals surface area contributed by atoms with Gasteiger partial charge in [0.15, 0.2) is 5.69 Å². The number of amides is 1. The third kappa shape index (κ3) is 4.09. The Balaban J connectivity index is 1.76. The van der Waals surface area contributed by atoms with Gasteiger partial charge in [0.2, 0.25) is 0 Å². The van der Waals surface area contributed by atoms with E-state index in [1.54, 1.807) is 36.3 Å². The van der Waals surface area contributed by atoms with Crippen molar-refractivity contribution >= 4 is 30.5 Å². The fourth-order valence-corrected chi connectivity index (χ4v) is 3.99. The second-order valence-corrected chi connectivity index (χ2v) is 8.64. The zero-order chi connectivity index (χ0) is 23.8. The average molecular weight is 468 g/mol. The molecular weight excluding hydrogens is 442 g/mol. The number of aromatic nitrogens is 2. The molecule has 1 aliphatic rings. The van der Waals surface area contributed by atoms with Crippen LogP contribution in [0.25, 0.3) is 5.69 Å². The number of thiol groups is 1. The molecule has 3 aromatic rings. The minimum atomic E-state index is -0.710. The van der Waals surface area contributed by atoms with E-state index in [0.29, 0.717) is 35.7 Å². The third-order valence-corrected chi connectivity index (χ3v) is 6.13. The largest absolute Gasteiger partial charge is 0.497 e. The summed E-state index contributed by atoms with van der Waals surface area (Å²) in [6.45, 7) is 4.31. The number of aliphatic hydroxyl groups is 1. The average Bonchev–Trinajstić information content (AvgIpc) is 3.24. The highest BCUT2D eigenvalue weighted by Crippen LogP contribution is 2.31. The van der Waals surface area contributed by atoms with E-state index in [2.05, 4.69) is 22.2 Å². The minimum absolute atomic E-state index is 0.0173. The number of fused-ring (bicyclic) bond motifs is 1. The predicted octanol–water partition coefficient (Wildman–Crippen LogP) is 3.36. The summed E-state index contributed by atoms with van der Waals surface area (Å²) in [6.07, 6.45) is 0.430. The number of anilines is 1. The molecule has 33 heavy (non-hydrogen) atoms. The number of carbonyl (C=O) groups is 2. The van der Waals surface area contributed by atoms with E-state index in [-0.39, 0.29) is 23.6 Å². The van der Waals surface area contributed by atoms with E-state index in [1.807, 2.05) is 38.1 Å². The predicted molar refractivity (Wildman–Crippen MR) is 126 cm³/mol. The smallest absolute Gasteiger partial charge is 0.370 e. The number of carbonyl (C=O) groups excluding carboxylic acids is 2. The van der Waals surface area contributed by atoms with Crippen molar-refractivity contribution in [3.05, 3.63) is 71.0 Å². The Bertz CT molecular complexity index is 1190. The van der Waals surface area contributed by atoms with Gasteiger partial charge in [0.25, 0.3) is 5.91 Å². The highest BCUT2D eigenvalue weighted by molar-refractivity contribution is 7.75. The summed E-state index contributed by atoms with van der Waals surface area (Å²) in [4.78, 5) is 27.6. The SMILES string of the molecule is COc1ccc(-n2nc(C(=O)OS)c3c2C(=O)N(c2ccc(C(C)(C)CO)cc2)CC3)cc1. The number of benzene rings is 2. The molecule has 1 aromatic heterocycles. The van der Waals surface area contributed by atoms with Crippen LogP contribution < -0.4 is 9.64 Å². The van der Waals surface area contributed by atoms with Crippen molar-refractivity contribution in [2.45, 2.75) is 25.7 Å². The highest BCUT2D eigenvalue weighted by Gasteiger charge is 2.35. The zero-order valence-corrected chi connectivity index (χ0v) is 19.5. The van der Waals surface area contributed by atoms with Crippen LogP contribution in [-0.2, 0) is 16.0 Å². The molecule has 1 aliphatic heterocycles. The molecule has 1 N–H and O–H groups in total. The van der Waals surface area contributed by atoms with E-state index < -0.39 is 5.97 Å². The summed E-state index contributed by atoms with van der Waals surface area (Å²) in [5.74, 6) is -0.320. The molecule has 0 bridgehead atoms. The van der Waals surface area contributed by atoms with Gasteiger partial charge in [-0.25, -0.2) is 9.48 Å². The fraction of sp³-hybridized carbons (Fsp3) is 0.292. The highest BCUT2D eigenvalue weighted by atomic mass is 32.1. The van der Waals surface area contributed by atoms with Crippen LogP contribution >= 0.6 is 12.9 Å². The van der Waals surface area contributed by atoms with Gasteiger partial charge in [-0.15, -0.1) is 0 Å². The fourth-order valence-electron chi connectivity index (χ4n) is 3.91. The van der Waals surface area contributed by atoms with Crippen LogP contribution in [-0.4, -0.2) is 47.0 Å². The molecule has 0 unspecified atom stereocenters. The summed E-state index contributed by atoms with van der Waals surface area (Å²) >= 11 is 3.63. The van der Waals surface area contributed by atoms with Crippen molar-refractivity contribution in [3.8, 4) is 11.4 Å². The molecule has 2 aromatic carbocycles. The second-order valence-electron chi connectivity index (χ2n) is 8.46. The van der Waals surface area contributed by atoms with E-state index in [1.165, 1.54) is 4.68 Å². The second kappa shape index (κ2) is 8.92. The Labute approximate surface area is 197 Å². The lowest BCUT2D eigenvalue weighted by Gasteiger charge is -2.29. The Morgan fingerprint density at radius 3 is 2.33 bits per heavy atom. The first-order valence-corrected chi connectivity index (χ1v) is 10.8. The van der Waals surface area contributed by atoms with Crippen molar-refractivity contribution in [2.75, 3.05) is 25.2 Å². The van der Waals surface area contributed by atoms with E-state index in [0.717, 1.165) is 11.3 Å². The maximum atomic E-state index is 13.6. The van der Waals surface area contributed by atoms with Gasteiger partial charge >= 0.3 is 5.97 Å². The Kier molecular flexibility index (Phi) is 6.18. The summed E-state index contributed by atoms with van der Waals surface area (Å²) in [7, 11) is 1.57. The Morgan fingerprint density at radius 1 is 1.12 bits per heavy atom. The molecule has 2 heterocycles. The molecule has 0 saturated carbocycles. The molecule has 0 aliphatic carbocycles. The monoisotopic (exact) mass is 467 g/mol. The van der Waals surface area contributed by atoms with Gasteiger partial charge < -0.3 is 18.9 Å². The molecule has 0 spiro atoms. The van der Waals surface area contributed by atoms with Crippen LogP contribution in [0.3, 0.4) is 0 Å². The lowest BCUT2D eigenvalue weighted by Crippen LogP contribution is -2.39. The normalized spacial score (nSPS) is 13.6. The van der Waals surface area contributed by atoms with Crippen molar-refractivity contribution in [1.82, 2.24) is 9.78 Å². The van der Waals surface area contributed by atoms with Crippen molar-refractivity contribution in [1.29, 1.82) is 0 Å². The molecular formula is C24H25N3O5S. The molecule has 0 radical (unpaired) electrons. The maximum absolute atomic E-state index is 13.6. The lowest BCUT2D eigenvalue weighted by atomic mass is 9.85. The first-order chi connectivity index (χ1) is 15.8. The number of hydrogen-bond donors (Lipinski definition) is 2. The molecule has 0 atom stereocenters. The van der Waals surface area contributed by atoms with Crippen LogP contribution in [0.1, 0.15) is 46.0 Å². The summed E-state index contributed by atoms with van der Waals surface area (Å²) in [5.41, 5.74) is 2.84. The molecule has 172 valence electrons. The maximum Gasteiger partial charge on any atom is 0.370 e. The van der Waals surface area contributed by atoms with Crippen LogP contribution in [0.2, 0.25) is 0 Å². The standard InChI is InChI=1S/C24H25N3O5S/c1-24(2,14-28)15-4-6-16(7-5-15)26-13-12-19-20(23(30)32-33)25-27(21(19)22(26)29)17-8-10-18(31-3)11-9-17/h4-11,28,33H,12-14H2,1-3H3. The molecule has 9 heteroatoms. The van der Waals surface area contributed by atoms with Crippen molar-refractivity contribution < 1.29 is 23.6 Å². The first-order valence-electron chi connectivity index (χ1n) is 10.5. The number of methoxy groups -OCH3 is 1. The van der Waals surface area contributed by atoms with Crippen LogP contribution in [0.15, 0.2) is 48.5 Å². The third-order valence-electron chi connectivity index (χ3n) is 5.97. The van der Waals surface area contributed by atoms with Crippen LogP contribution in [0, 0.1) is 0 Å². The van der Waals surface area contributed by atoms with Gasteiger partial charge in [-0.3, -0.25) is 4.79 Å². The molecule has 1 amide bonds. The Hall–Kier alpha value is -3.30. The number of nitrogens with zero attached hydrogens (tertiary/aromatic N) is 3. The number of hydrogen-bond acceptors (Lipinski definition) is 7. The van der Waals surface area contributed by atoms with Crippen LogP contribution in [0.4, 0.5) is 5.69 Å². The lowest BCUT2D eigenvalue weighted by molar-refractivity contribution is 0.0764. The van der Waals surface area contributed by atoms with Crippen molar-refractivity contribution in [3.63, 3.8) is 0 Å². The van der Waals surface area contributed by atoms with Crippen molar-refractivity contribution in [2.24, 2.45) is 0 Å². The van der Waals surface area contributed by atoms with Gasteiger partial charge in [0.05, 0.1) is 19.4 Å². The number of rotatable bonds is 6. The summed E-state index contributed by atoms with van der Waals surface area (Å²) in [6, 6.07) is 14.6. The molecule has 8 nitrogen and oxygen atoms in total. The van der Waals surface area contributed by atoms with Gasteiger partial charge in [-0.1, -0.05) is 26.0 Å².